The number of methoxy groups -OCH3 is 1. The first-order chi connectivity index (χ1) is 12.0. The van der Waals surface area contributed by atoms with Crippen LogP contribution in [0.5, 0.6) is 5.75 Å². The predicted molar refractivity (Wildman–Crippen MR) is 91.8 cm³/mol. The molecule has 0 unspecified atom stereocenters. The monoisotopic (exact) mass is 356 g/mol. The second-order valence-corrected chi connectivity index (χ2v) is 7.08. The summed E-state index contributed by atoms with van der Waals surface area (Å²) in [5, 5.41) is 3.30. The van der Waals surface area contributed by atoms with Gasteiger partial charge in [-0.05, 0) is 36.5 Å². The van der Waals surface area contributed by atoms with Crippen molar-refractivity contribution in [3.8, 4) is 5.75 Å². The quantitative estimate of drug-likeness (QED) is 0.873. The third-order valence-corrected chi connectivity index (χ3v) is 5.53. The molecular weight excluding hydrogens is 329 g/mol. The van der Waals surface area contributed by atoms with E-state index in [2.05, 4.69) is 10.2 Å². The number of nitrogens with zero attached hydrogens (tertiary/aromatic N) is 1. The SMILES string of the molecule is COc1ccc([C@@H](C2CCCCC2)N2CCNCC2)c(C(F)(F)F)c1. The molecule has 0 aromatic heterocycles. The number of ether oxygens (including phenoxy) is 1. The van der Waals surface area contributed by atoms with Gasteiger partial charge in [0, 0.05) is 32.2 Å². The topological polar surface area (TPSA) is 24.5 Å². The Kier molecular flexibility index (Phi) is 5.89. The molecule has 0 radical (unpaired) electrons. The predicted octanol–water partition coefficient (Wildman–Crippen LogP) is 4.24. The number of alkyl halides is 3. The zero-order valence-electron chi connectivity index (χ0n) is 14.7. The van der Waals surface area contributed by atoms with Crippen molar-refractivity contribution in [1.29, 1.82) is 0 Å². The summed E-state index contributed by atoms with van der Waals surface area (Å²) >= 11 is 0. The third-order valence-electron chi connectivity index (χ3n) is 5.53. The molecule has 3 nitrogen and oxygen atoms in total. The van der Waals surface area contributed by atoms with Crippen molar-refractivity contribution in [3.63, 3.8) is 0 Å². The summed E-state index contributed by atoms with van der Waals surface area (Å²) in [6.07, 6.45) is 1.08. The molecule has 1 atom stereocenters. The molecule has 1 aromatic rings. The largest absolute Gasteiger partial charge is 0.497 e. The van der Waals surface area contributed by atoms with Crippen molar-refractivity contribution in [1.82, 2.24) is 10.2 Å². The highest BCUT2D eigenvalue weighted by Crippen LogP contribution is 2.44. The maximum absolute atomic E-state index is 13.8. The summed E-state index contributed by atoms with van der Waals surface area (Å²) in [5.41, 5.74) is -0.122. The second kappa shape index (κ2) is 7.96. The normalized spacial score (nSPS) is 21.9. The lowest BCUT2D eigenvalue weighted by molar-refractivity contribution is -0.139. The fraction of sp³-hybridized carbons (Fsp3) is 0.684. The number of nitrogens with one attached hydrogen (secondary N) is 1. The maximum Gasteiger partial charge on any atom is 0.416 e. The molecule has 1 N–H and O–H groups in total. The van der Waals surface area contributed by atoms with E-state index >= 15 is 0 Å². The molecule has 25 heavy (non-hydrogen) atoms. The van der Waals surface area contributed by atoms with Crippen LogP contribution in [0.1, 0.15) is 49.3 Å². The van der Waals surface area contributed by atoms with Crippen molar-refractivity contribution in [2.45, 2.75) is 44.3 Å². The van der Waals surface area contributed by atoms with Gasteiger partial charge in [-0.25, -0.2) is 0 Å². The fourth-order valence-electron chi connectivity index (χ4n) is 4.32. The number of rotatable bonds is 4. The molecule has 140 valence electrons. The lowest BCUT2D eigenvalue weighted by atomic mass is 9.79. The summed E-state index contributed by atoms with van der Waals surface area (Å²) in [6.45, 7) is 3.26. The van der Waals surface area contributed by atoms with Crippen LogP contribution in [0.15, 0.2) is 18.2 Å². The van der Waals surface area contributed by atoms with Gasteiger partial charge in [-0.2, -0.15) is 13.2 Å². The van der Waals surface area contributed by atoms with E-state index in [4.69, 9.17) is 4.74 Å². The van der Waals surface area contributed by atoms with Gasteiger partial charge in [0.2, 0.25) is 0 Å². The first kappa shape index (κ1) is 18.5. The second-order valence-electron chi connectivity index (χ2n) is 7.08. The van der Waals surface area contributed by atoms with Gasteiger partial charge < -0.3 is 10.1 Å². The van der Waals surface area contributed by atoms with Crippen LogP contribution in [0.4, 0.5) is 13.2 Å². The van der Waals surface area contributed by atoms with Crippen molar-refractivity contribution < 1.29 is 17.9 Å². The molecule has 2 aliphatic rings. The van der Waals surface area contributed by atoms with Gasteiger partial charge in [-0.3, -0.25) is 4.90 Å². The van der Waals surface area contributed by atoms with Crippen LogP contribution in [0.2, 0.25) is 0 Å². The van der Waals surface area contributed by atoms with Crippen LogP contribution < -0.4 is 10.1 Å². The summed E-state index contributed by atoms with van der Waals surface area (Å²) in [7, 11) is 1.41. The van der Waals surface area contributed by atoms with Gasteiger partial charge in [0.15, 0.2) is 0 Å². The van der Waals surface area contributed by atoms with E-state index in [1.165, 1.54) is 13.5 Å². The number of benzene rings is 1. The average Bonchev–Trinajstić information content (AvgIpc) is 2.63. The zero-order chi connectivity index (χ0) is 17.9. The molecule has 1 saturated heterocycles. The van der Waals surface area contributed by atoms with Crippen LogP contribution >= 0.6 is 0 Å². The van der Waals surface area contributed by atoms with Crippen molar-refractivity contribution in [2.75, 3.05) is 33.3 Å². The van der Waals surface area contributed by atoms with Gasteiger partial charge in [0.25, 0.3) is 0 Å². The van der Waals surface area contributed by atoms with E-state index in [-0.39, 0.29) is 11.8 Å². The van der Waals surface area contributed by atoms with Crippen LogP contribution in [-0.2, 0) is 6.18 Å². The van der Waals surface area contributed by atoms with Gasteiger partial charge in [0.05, 0.1) is 12.7 Å². The minimum atomic E-state index is -4.37. The minimum Gasteiger partial charge on any atom is -0.497 e. The first-order valence-electron chi connectivity index (χ1n) is 9.20. The Morgan fingerprint density at radius 3 is 2.40 bits per heavy atom. The Bertz CT molecular complexity index is 546. The molecular formula is C19H27F3N2O. The molecule has 1 heterocycles. The van der Waals surface area contributed by atoms with Crippen molar-refractivity contribution in [3.05, 3.63) is 29.3 Å². The standard InChI is InChI=1S/C19H27F3N2O/c1-25-15-7-8-16(17(13-15)19(20,21)22)18(14-5-3-2-4-6-14)24-11-9-23-10-12-24/h7-8,13-14,18,23H,2-6,9-12H2,1H3/t18-/m1/s1. The van der Waals surface area contributed by atoms with E-state index < -0.39 is 11.7 Å². The van der Waals surface area contributed by atoms with Crippen molar-refractivity contribution in [2.24, 2.45) is 5.92 Å². The van der Waals surface area contributed by atoms with E-state index in [9.17, 15) is 13.2 Å². The fourth-order valence-corrected chi connectivity index (χ4v) is 4.32. The molecule has 1 aliphatic carbocycles. The highest BCUT2D eigenvalue weighted by molar-refractivity contribution is 5.40. The van der Waals surface area contributed by atoms with Crippen LogP contribution in [0.25, 0.3) is 0 Å². The zero-order valence-corrected chi connectivity index (χ0v) is 14.7. The number of piperazine rings is 1. The Labute approximate surface area is 147 Å². The number of hydrogen-bond acceptors (Lipinski definition) is 3. The molecule has 0 amide bonds. The highest BCUT2D eigenvalue weighted by Gasteiger charge is 2.40. The number of halogens is 3. The minimum absolute atomic E-state index is 0.162. The molecule has 2 fully saturated rings. The van der Waals surface area contributed by atoms with Gasteiger partial charge in [0.1, 0.15) is 5.75 Å². The lowest BCUT2D eigenvalue weighted by Crippen LogP contribution is -2.47. The summed E-state index contributed by atoms with van der Waals surface area (Å²) in [4.78, 5) is 2.25. The lowest BCUT2D eigenvalue weighted by Gasteiger charge is -2.42. The van der Waals surface area contributed by atoms with Crippen LogP contribution in [0, 0.1) is 5.92 Å². The van der Waals surface area contributed by atoms with E-state index in [0.29, 0.717) is 11.5 Å². The molecule has 0 spiro atoms. The number of hydrogen-bond donors (Lipinski definition) is 1. The Morgan fingerprint density at radius 2 is 1.80 bits per heavy atom. The van der Waals surface area contributed by atoms with Gasteiger partial charge >= 0.3 is 6.18 Å². The first-order valence-corrected chi connectivity index (χ1v) is 9.20. The molecule has 0 bridgehead atoms. The Morgan fingerprint density at radius 1 is 1.12 bits per heavy atom. The van der Waals surface area contributed by atoms with Crippen LogP contribution in [0.3, 0.4) is 0 Å². The summed E-state index contributed by atoms with van der Waals surface area (Å²) in [6, 6.07) is 4.31. The van der Waals surface area contributed by atoms with Crippen molar-refractivity contribution >= 4 is 0 Å². The summed E-state index contributed by atoms with van der Waals surface area (Å²) < 4.78 is 46.4. The van der Waals surface area contributed by atoms with E-state index in [1.54, 1.807) is 12.1 Å². The molecule has 1 aromatic carbocycles. The van der Waals surface area contributed by atoms with Gasteiger partial charge in [-0.1, -0.05) is 25.3 Å². The van der Waals surface area contributed by atoms with E-state index in [1.807, 2.05) is 0 Å². The highest BCUT2D eigenvalue weighted by atomic mass is 19.4. The van der Waals surface area contributed by atoms with Crippen LogP contribution in [-0.4, -0.2) is 38.2 Å². The smallest absolute Gasteiger partial charge is 0.416 e. The third kappa shape index (κ3) is 4.29. The average molecular weight is 356 g/mol. The Hall–Kier alpha value is -1.27. The molecule has 6 heteroatoms. The summed E-state index contributed by atoms with van der Waals surface area (Å²) in [5.74, 6) is 0.556. The molecule has 3 rings (SSSR count). The molecule has 1 saturated carbocycles. The maximum atomic E-state index is 13.8. The Balaban J connectivity index is 2.02. The van der Waals surface area contributed by atoms with Gasteiger partial charge in [-0.15, -0.1) is 0 Å². The molecule has 1 aliphatic heterocycles. The van der Waals surface area contributed by atoms with E-state index in [0.717, 1.165) is 57.9 Å².